The summed E-state index contributed by atoms with van der Waals surface area (Å²) in [6.07, 6.45) is 2.26. The van der Waals surface area contributed by atoms with Crippen LogP contribution in [0.1, 0.15) is 41.0 Å². The summed E-state index contributed by atoms with van der Waals surface area (Å²) >= 11 is 0. The van der Waals surface area contributed by atoms with Crippen molar-refractivity contribution in [3.8, 4) is 5.75 Å². The molecule has 3 heterocycles. The fourth-order valence-electron chi connectivity index (χ4n) is 3.71. The van der Waals surface area contributed by atoms with Crippen LogP contribution in [-0.4, -0.2) is 39.5 Å². The van der Waals surface area contributed by atoms with Gasteiger partial charge < -0.3 is 14.0 Å². The van der Waals surface area contributed by atoms with Crippen LogP contribution in [0, 0.1) is 0 Å². The summed E-state index contributed by atoms with van der Waals surface area (Å²) in [6, 6.07) is 13.2. The van der Waals surface area contributed by atoms with Gasteiger partial charge in [-0.2, -0.15) is 4.99 Å². The minimum absolute atomic E-state index is 0.0221. The van der Waals surface area contributed by atoms with Crippen molar-refractivity contribution in [1.29, 1.82) is 0 Å². The maximum atomic E-state index is 13.2. The van der Waals surface area contributed by atoms with E-state index in [0.717, 1.165) is 0 Å². The third-order valence-corrected chi connectivity index (χ3v) is 5.26. The second-order valence-electron chi connectivity index (χ2n) is 7.49. The van der Waals surface area contributed by atoms with Crippen molar-refractivity contribution in [3.63, 3.8) is 0 Å². The van der Waals surface area contributed by atoms with Gasteiger partial charge in [-0.15, -0.1) is 0 Å². The van der Waals surface area contributed by atoms with E-state index in [2.05, 4.69) is 9.98 Å². The Morgan fingerprint density at radius 1 is 1.09 bits per heavy atom. The molecular weight excluding hydrogens is 436 g/mol. The summed E-state index contributed by atoms with van der Waals surface area (Å²) in [7, 11) is 1.51. The minimum Gasteiger partial charge on any atom is -0.497 e. The van der Waals surface area contributed by atoms with E-state index in [0.29, 0.717) is 35.6 Å². The zero-order valence-electron chi connectivity index (χ0n) is 19.1. The first kappa shape index (κ1) is 22.9. The third kappa shape index (κ3) is 4.19. The molecule has 34 heavy (non-hydrogen) atoms. The van der Waals surface area contributed by atoms with E-state index in [-0.39, 0.29) is 28.6 Å². The number of methoxy groups -OCH3 is 1. The molecule has 0 aliphatic carbocycles. The molecule has 0 aliphatic heterocycles. The van der Waals surface area contributed by atoms with Crippen LogP contribution in [0.4, 0.5) is 0 Å². The highest BCUT2D eigenvalue weighted by Crippen LogP contribution is 2.15. The van der Waals surface area contributed by atoms with Crippen molar-refractivity contribution in [3.05, 3.63) is 81.7 Å². The average molecular weight is 460 g/mol. The summed E-state index contributed by atoms with van der Waals surface area (Å²) in [5, 5.41) is 0.230. The van der Waals surface area contributed by atoms with Crippen LogP contribution >= 0.6 is 0 Å². The SMILES string of the molecule is CCCn1c(=NC(=O)c2cccc(OC)c2)c(C(=O)OCC)cc2c(=O)n3ccccc3nc21. The molecule has 1 aromatic carbocycles. The molecule has 1 amide bonds. The number of aryl methyl sites for hydroxylation is 1. The highest BCUT2D eigenvalue weighted by Gasteiger charge is 2.20. The Hall–Kier alpha value is -4.27. The van der Waals surface area contributed by atoms with E-state index < -0.39 is 11.9 Å². The van der Waals surface area contributed by atoms with Crippen molar-refractivity contribution in [2.75, 3.05) is 13.7 Å². The van der Waals surface area contributed by atoms with Gasteiger partial charge in [0.05, 0.1) is 19.1 Å². The molecule has 9 heteroatoms. The Morgan fingerprint density at radius 2 is 1.91 bits per heavy atom. The molecule has 0 fully saturated rings. The van der Waals surface area contributed by atoms with Crippen LogP contribution in [0.2, 0.25) is 0 Å². The first-order valence-electron chi connectivity index (χ1n) is 10.9. The lowest BCUT2D eigenvalue weighted by atomic mass is 10.2. The van der Waals surface area contributed by atoms with Gasteiger partial charge in [-0.05, 0) is 49.7 Å². The molecule has 0 saturated carbocycles. The molecule has 0 atom stereocenters. The zero-order chi connectivity index (χ0) is 24.2. The number of nitrogens with zero attached hydrogens (tertiary/aromatic N) is 4. The van der Waals surface area contributed by atoms with Crippen LogP contribution in [0.5, 0.6) is 5.75 Å². The lowest BCUT2D eigenvalue weighted by Gasteiger charge is -2.14. The molecule has 0 N–H and O–H groups in total. The first-order chi connectivity index (χ1) is 16.5. The van der Waals surface area contributed by atoms with Crippen molar-refractivity contribution < 1.29 is 19.1 Å². The largest absolute Gasteiger partial charge is 0.497 e. The van der Waals surface area contributed by atoms with E-state index in [4.69, 9.17) is 9.47 Å². The zero-order valence-corrected chi connectivity index (χ0v) is 19.1. The number of ether oxygens (including phenoxy) is 2. The molecule has 0 radical (unpaired) electrons. The van der Waals surface area contributed by atoms with Gasteiger partial charge in [0.15, 0.2) is 5.49 Å². The predicted molar refractivity (Wildman–Crippen MR) is 126 cm³/mol. The van der Waals surface area contributed by atoms with Gasteiger partial charge in [-0.25, -0.2) is 9.78 Å². The van der Waals surface area contributed by atoms with E-state index in [9.17, 15) is 14.4 Å². The van der Waals surface area contributed by atoms with Gasteiger partial charge in [-0.1, -0.05) is 19.1 Å². The number of hydrogen-bond acceptors (Lipinski definition) is 6. The minimum atomic E-state index is -0.677. The number of rotatable bonds is 6. The second kappa shape index (κ2) is 9.70. The number of benzene rings is 1. The Morgan fingerprint density at radius 3 is 2.65 bits per heavy atom. The molecule has 4 rings (SSSR count). The van der Waals surface area contributed by atoms with Crippen LogP contribution in [0.15, 0.2) is 64.5 Å². The van der Waals surface area contributed by atoms with Gasteiger partial charge in [0.2, 0.25) is 0 Å². The molecular formula is C25H24N4O5. The Labute approximate surface area is 194 Å². The molecule has 9 nitrogen and oxygen atoms in total. The van der Waals surface area contributed by atoms with Gasteiger partial charge in [0.1, 0.15) is 22.6 Å². The van der Waals surface area contributed by atoms with E-state index in [1.807, 2.05) is 6.92 Å². The molecule has 0 bridgehead atoms. The van der Waals surface area contributed by atoms with E-state index in [1.165, 1.54) is 17.6 Å². The molecule has 3 aromatic heterocycles. The monoisotopic (exact) mass is 460 g/mol. The summed E-state index contributed by atoms with van der Waals surface area (Å²) < 4.78 is 13.5. The molecule has 4 aromatic rings. The Kier molecular flexibility index (Phi) is 6.53. The van der Waals surface area contributed by atoms with Crippen LogP contribution in [0.3, 0.4) is 0 Å². The molecule has 0 unspecified atom stereocenters. The number of amides is 1. The maximum Gasteiger partial charge on any atom is 0.341 e. The fraction of sp³-hybridized carbons (Fsp3) is 0.240. The van der Waals surface area contributed by atoms with Gasteiger partial charge in [-0.3, -0.25) is 14.0 Å². The quantitative estimate of drug-likeness (QED) is 0.324. The van der Waals surface area contributed by atoms with Crippen molar-refractivity contribution >= 4 is 28.6 Å². The number of carbonyl (C=O) groups is 2. The molecule has 0 aliphatic rings. The normalized spacial score (nSPS) is 11.7. The van der Waals surface area contributed by atoms with Gasteiger partial charge >= 0.3 is 5.97 Å². The van der Waals surface area contributed by atoms with Crippen molar-refractivity contribution in [1.82, 2.24) is 14.0 Å². The topological polar surface area (TPSA) is 104 Å². The molecule has 0 saturated heterocycles. The number of fused-ring (bicyclic) bond motifs is 2. The maximum absolute atomic E-state index is 13.2. The third-order valence-electron chi connectivity index (χ3n) is 5.26. The second-order valence-corrected chi connectivity index (χ2v) is 7.49. The summed E-state index contributed by atoms with van der Waals surface area (Å²) in [6.45, 7) is 4.13. The number of pyridine rings is 2. The van der Waals surface area contributed by atoms with Crippen LogP contribution < -0.4 is 15.8 Å². The summed E-state index contributed by atoms with van der Waals surface area (Å²) in [4.78, 5) is 48.2. The number of aromatic nitrogens is 3. The number of hydrogen-bond donors (Lipinski definition) is 0. The van der Waals surface area contributed by atoms with Crippen LogP contribution in [-0.2, 0) is 11.3 Å². The first-order valence-corrected chi connectivity index (χ1v) is 10.9. The van der Waals surface area contributed by atoms with Gasteiger partial charge in [0, 0.05) is 18.3 Å². The predicted octanol–water partition coefficient (Wildman–Crippen LogP) is 2.99. The lowest BCUT2D eigenvalue weighted by Crippen LogP contribution is -2.32. The van der Waals surface area contributed by atoms with E-state index in [1.54, 1.807) is 60.2 Å². The Bertz CT molecular complexity index is 1530. The molecule has 174 valence electrons. The Balaban J connectivity index is 2.09. The van der Waals surface area contributed by atoms with Crippen molar-refractivity contribution in [2.24, 2.45) is 4.99 Å². The van der Waals surface area contributed by atoms with Crippen molar-refractivity contribution in [2.45, 2.75) is 26.8 Å². The number of carbonyl (C=O) groups excluding carboxylic acids is 2. The van der Waals surface area contributed by atoms with Crippen LogP contribution in [0.25, 0.3) is 16.7 Å². The standard InChI is InChI=1S/C25H24N4O5/c1-4-12-29-21-18(24(31)28-13-7-6-11-20(28)26-21)15-19(25(32)34-5-2)22(29)27-23(30)16-9-8-10-17(14-16)33-3/h6-11,13-15H,4-5,12H2,1-3H3. The van der Waals surface area contributed by atoms with Gasteiger partial charge in [0.25, 0.3) is 11.5 Å². The summed E-state index contributed by atoms with van der Waals surface area (Å²) in [5.74, 6) is -0.733. The highest BCUT2D eigenvalue weighted by atomic mass is 16.5. The average Bonchev–Trinajstić information content (AvgIpc) is 2.85. The molecule has 0 spiro atoms. The lowest BCUT2D eigenvalue weighted by molar-refractivity contribution is 0.0523. The fourth-order valence-corrected chi connectivity index (χ4v) is 3.71. The summed E-state index contributed by atoms with van der Waals surface area (Å²) in [5.41, 5.74) is 0.856. The van der Waals surface area contributed by atoms with E-state index >= 15 is 0 Å². The number of esters is 1. The highest BCUT2D eigenvalue weighted by molar-refractivity contribution is 5.97. The smallest absolute Gasteiger partial charge is 0.341 e.